The molecule has 0 radical (unpaired) electrons. The van der Waals surface area contributed by atoms with Gasteiger partial charge in [0.15, 0.2) is 11.5 Å². The highest BCUT2D eigenvalue weighted by atomic mass is 16.5. The zero-order valence-electron chi connectivity index (χ0n) is 15.7. The Balaban J connectivity index is 1.44. The minimum atomic E-state index is -0.120. The Hall–Kier alpha value is -3.20. The van der Waals surface area contributed by atoms with Gasteiger partial charge < -0.3 is 19.7 Å². The topological polar surface area (TPSA) is 93.9 Å². The summed E-state index contributed by atoms with van der Waals surface area (Å²) in [7, 11) is 1.57. The number of benzene rings is 1. The van der Waals surface area contributed by atoms with Crippen molar-refractivity contribution >= 4 is 23.1 Å². The number of nitrogens with one attached hydrogen (secondary N) is 1. The molecule has 1 aromatic carbocycles. The second-order valence-electron chi connectivity index (χ2n) is 6.43. The van der Waals surface area contributed by atoms with Crippen LogP contribution in [0.5, 0.6) is 5.75 Å². The summed E-state index contributed by atoms with van der Waals surface area (Å²) in [5.41, 5.74) is 1.31. The summed E-state index contributed by atoms with van der Waals surface area (Å²) < 4.78 is 12.4. The summed E-state index contributed by atoms with van der Waals surface area (Å²) in [6.07, 6.45) is 0.698. The molecule has 0 spiro atoms. The van der Waals surface area contributed by atoms with Crippen LogP contribution in [0.15, 0.2) is 36.4 Å². The lowest BCUT2D eigenvalue weighted by molar-refractivity contribution is -0.116. The summed E-state index contributed by atoms with van der Waals surface area (Å²) in [6, 6.07) is 11.1. The number of carbonyl (C=O) groups excluding carboxylic acids is 1. The van der Waals surface area contributed by atoms with Gasteiger partial charge in [0.05, 0.1) is 26.0 Å². The highest BCUT2D eigenvalue weighted by Gasteiger charge is 2.16. The van der Waals surface area contributed by atoms with E-state index in [2.05, 4.69) is 25.5 Å². The van der Waals surface area contributed by atoms with Crippen molar-refractivity contribution in [3.05, 3.63) is 42.2 Å². The molecular formula is C19H22N6O3. The average molecular weight is 382 g/mol. The molecule has 3 aromatic rings. The summed E-state index contributed by atoms with van der Waals surface area (Å²) >= 11 is 0. The van der Waals surface area contributed by atoms with E-state index in [0.717, 1.165) is 18.9 Å². The van der Waals surface area contributed by atoms with Gasteiger partial charge in [-0.05, 0) is 24.3 Å². The minimum absolute atomic E-state index is 0.120. The van der Waals surface area contributed by atoms with Crippen molar-refractivity contribution in [1.82, 2.24) is 19.8 Å². The first-order valence-corrected chi connectivity index (χ1v) is 9.21. The number of hydrogen-bond acceptors (Lipinski definition) is 7. The lowest BCUT2D eigenvalue weighted by Gasteiger charge is -2.27. The summed E-state index contributed by atoms with van der Waals surface area (Å²) in [5, 5.41) is 15.9. The molecule has 2 aromatic heterocycles. The van der Waals surface area contributed by atoms with Crippen molar-refractivity contribution in [2.24, 2.45) is 0 Å². The molecule has 1 aliphatic rings. The molecule has 146 valence electrons. The van der Waals surface area contributed by atoms with Crippen LogP contribution in [0.2, 0.25) is 0 Å². The number of aryl methyl sites for hydroxylation is 1. The van der Waals surface area contributed by atoms with Gasteiger partial charge in [-0.25, -0.2) is 0 Å². The fourth-order valence-corrected chi connectivity index (χ4v) is 3.13. The highest BCUT2D eigenvalue weighted by molar-refractivity contribution is 5.92. The number of fused-ring (bicyclic) bond motifs is 1. The number of ether oxygens (including phenoxy) is 2. The van der Waals surface area contributed by atoms with Gasteiger partial charge in [0.2, 0.25) is 5.91 Å². The van der Waals surface area contributed by atoms with Crippen LogP contribution in [0.1, 0.15) is 12.2 Å². The van der Waals surface area contributed by atoms with Crippen molar-refractivity contribution in [3.8, 4) is 5.75 Å². The van der Waals surface area contributed by atoms with E-state index < -0.39 is 0 Å². The summed E-state index contributed by atoms with van der Waals surface area (Å²) in [6.45, 7) is 2.99. The summed E-state index contributed by atoms with van der Waals surface area (Å²) in [4.78, 5) is 14.5. The molecule has 1 amide bonds. The van der Waals surface area contributed by atoms with Crippen LogP contribution < -0.4 is 15.0 Å². The fourth-order valence-electron chi connectivity index (χ4n) is 3.13. The van der Waals surface area contributed by atoms with Gasteiger partial charge >= 0.3 is 0 Å². The molecule has 3 heterocycles. The number of aromatic nitrogens is 4. The van der Waals surface area contributed by atoms with E-state index in [4.69, 9.17) is 9.47 Å². The largest absolute Gasteiger partial charge is 0.495 e. The maximum absolute atomic E-state index is 12.4. The van der Waals surface area contributed by atoms with Crippen LogP contribution in [0.4, 0.5) is 11.5 Å². The molecule has 0 saturated carbocycles. The highest BCUT2D eigenvalue weighted by Crippen LogP contribution is 2.23. The zero-order valence-corrected chi connectivity index (χ0v) is 15.7. The number of nitrogens with zero attached hydrogens (tertiary/aromatic N) is 5. The van der Waals surface area contributed by atoms with Crippen LogP contribution in [-0.2, 0) is 16.0 Å². The first-order valence-electron chi connectivity index (χ1n) is 9.21. The van der Waals surface area contributed by atoms with Crippen molar-refractivity contribution in [2.75, 3.05) is 43.6 Å². The molecule has 0 unspecified atom stereocenters. The zero-order chi connectivity index (χ0) is 19.3. The Bertz CT molecular complexity index is 967. The van der Waals surface area contributed by atoms with E-state index in [-0.39, 0.29) is 12.3 Å². The third-order valence-corrected chi connectivity index (χ3v) is 4.61. The molecule has 9 nitrogen and oxygen atoms in total. The van der Waals surface area contributed by atoms with E-state index in [1.54, 1.807) is 23.8 Å². The Morgan fingerprint density at radius 1 is 1.18 bits per heavy atom. The van der Waals surface area contributed by atoms with Crippen LogP contribution in [0, 0.1) is 0 Å². The maximum atomic E-state index is 12.4. The van der Waals surface area contributed by atoms with Crippen molar-refractivity contribution in [2.45, 2.75) is 12.8 Å². The lowest BCUT2D eigenvalue weighted by atomic mass is 10.2. The lowest BCUT2D eigenvalue weighted by Crippen LogP contribution is -2.37. The summed E-state index contributed by atoms with van der Waals surface area (Å²) in [5.74, 6) is 2.02. The number of methoxy groups -OCH3 is 1. The van der Waals surface area contributed by atoms with Crippen LogP contribution >= 0.6 is 0 Å². The Morgan fingerprint density at radius 3 is 2.82 bits per heavy atom. The van der Waals surface area contributed by atoms with E-state index in [1.165, 1.54) is 0 Å². The van der Waals surface area contributed by atoms with Gasteiger partial charge in [-0.3, -0.25) is 4.79 Å². The monoisotopic (exact) mass is 382 g/mol. The number of hydrogen-bond donors (Lipinski definition) is 1. The normalized spacial score (nSPS) is 14.2. The number of carbonyl (C=O) groups is 1. The Morgan fingerprint density at radius 2 is 2.00 bits per heavy atom. The third-order valence-electron chi connectivity index (χ3n) is 4.61. The molecule has 1 saturated heterocycles. The molecule has 0 bridgehead atoms. The second kappa shape index (κ2) is 8.22. The first kappa shape index (κ1) is 18.2. The van der Waals surface area contributed by atoms with Crippen LogP contribution in [-0.4, -0.2) is 59.1 Å². The van der Waals surface area contributed by atoms with Gasteiger partial charge in [-0.2, -0.15) is 4.52 Å². The molecule has 9 heteroatoms. The van der Waals surface area contributed by atoms with E-state index in [9.17, 15) is 4.79 Å². The third kappa shape index (κ3) is 3.89. The fraction of sp³-hybridized carbons (Fsp3) is 0.368. The van der Waals surface area contributed by atoms with Crippen molar-refractivity contribution in [3.63, 3.8) is 0 Å². The number of rotatable bonds is 6. The smallest absolute Gasteiger partial charge is 0.224 e. The Labute approximate surface area is 162 Å². The average Bonchev–Trinajstić information content (AvgIpc) is 3.15. The number of anilines is 2. The standard InChI is InChI=1S/C19H22N6O3/c1-27-15-5-3-2-4-14(15)20-19(26)9-8-17-22-21-16-6-7-18(23-25(16)17)24-10-12-28-13-11-24/h2-7H,8-13H2,1H3,(H,20,26). The number of morpholine rings is 1. The Kier molecular flexibility index (Phi) is 5.34. The van der Waals surface area contributed by atoms with Crippen molar-refractivity contribution in [1.29, 1.82) is 0 Å². The number of para-hydroxylation sites is 2. The molecule has 1 aliphatic heterocycles. The molecule has 0 aliphatic carbocycles. The molecule has 1 N–H and O–H groups in total. The van der Waals surface area contributed by atoms with E-state index in [1.807, 2.05) is 24.3 Å². The van der Waals surface area contributed by atoms with Gasteiger partial charge in [-0.15, -0.1) is 15.3 Å². The molecular weight excluding hydrogens is 360 g/mol. The van der Waals surface area contributed by atoms with E-state index in [0.29, 0.717) is 42.5 Å². The molecule has 0 atom stereocenters. The first-order chi connectivity index (χ1) is 13.7. The molecule has 1 fully saturated rings. The van der Waals surface area contributed by atoms with Gasteiger partial charge in [0, 0.05) is 25.9 Å². The van der Waals surface area contributed by atoms with Crippen molar-refractivity contribution < 1.29 is 14.3 Å². The minimum Gasteiger partial charge on any atom is -0.495 e. The van der Waals surface area contributed by atoms with Gasteiger partial charge in [-0.1, -0.05) is 12.1 Å². The number of amides is 1. The predicted octanol–water partition coefficient (Wildman–Crippen LogP) is 1.54. The SMILES string of the molecule is COc1ccccc1NC(=O)CCc1nnc2ccc(N3CCOCC3)nn12. The van der Waals surface area contributed by atoms with Gasteiger partial charge in [0.25, 0.3) is 0 Å². The van der Waals surface area contributed by atoms with Crippen LogP contribution in [0.25, 0.3) is 5.65 Å². The maximum Gasteiger partial charge on any atom is 0.224 e. The van der Waals surface area contributed by atoms with Crippen LogP contribution in [0.3, 0.4) is 0 Å². The van der Waals surface area contributed by atoms with E-state index >= 15 is 0 Å². The molecule has 28 heavy (non-hydrogen) atoms. The quantitative estimate of drug-likeness (QED) is 0.691. The predicted molar refractivity (Wildman–Crippen MR) is 104 cm³/mol. The van der Waals surface area contributed by atoms with Gasteiger partial charge in [0.1, 0.15) is 11.6 Å². The second-order valence-corrected chi connectivity index (χ2v) is 6.43. The molecule has 4 rings (SSSR count).